The zero-order valence-electron chi connectivity index (χ0n) is 21.5. The van der Waals surface area contributed by atoms with Crippen molar-refractivity contribution in [1.82, 2.24) is 5.16 Å². The number of aromatic nitrogens is 1. The number of amides is 1. The van der Waals surface area contributed by atoms with Crippen LogP contribution in [0.25, 0.3) is 0 Å². The quantitative estimate of drug-likeness (QED) is 0.562. The maximum Gasteiger partial charge on any atom is 0.267 e. The molecule has 1 amide bonds. The smallest absolute Gasteiger partial charge is 0.267 e. The zero-order chi connectivity index (χ0) is 26.5. The van der Waals surface area contributed by atoms with E-state index in [4.69, 9.17) is 12.7 Å². The lowest BCUT2D eigenvalue weighted by atomic mass is 10.0. The number of nitrogens with one attached hydrogen (secondary N) is 2. The molecule has 2 aromatic heterocycles. The summed E-state index contributed by atoms with van der Waals surface area (Å²) in [6.07, 6.45) is -0.273. The van der Waals surface area contributed by atoms with Crippen molar-refractivity contribution in [2.45, 2.75) is 32.5 Å². The van der Waals surface area contributed by atoms with Crippen molar-refractivity contribution in [2.24, 2.45) is 0 Å². The second-order valence-electron chi connectivity index (χ2n) is 6.00. The number of hydrogen-bond acceptors (Lipinski definition) is 7. The van der Waals surface area contributed by atoms with Crippen LogP contribution in [0.4, 0.5) is 11.6 Å². The highest BCUT2D eigenvalue weighted by molar-refractivity contribution is 7.93. The number of benzene rings is 1. The van der Waals surface area contributed by atoms with Crippen molar-refractivity contribution in [3.63, 3.8) is 0 Å². The topological polar surface area (TPSA) is 118 Å². The molecule has 152 valence electrons. The van der Waals surface area contributed by atoms with E-state index in [0.717, 1.165) is 17.4 Å². The van der Waals surface area contributed by atoms with Crippen LogP contribution in [0.5, 0.6) is 0 Å². The predicted molar refractivity (Wildman–Crippen MR) is 110 cm³/mol. The van der Waals surface area contributed by atoms with Crippen molar-refractivity contribution >= 4 is 44.6 Å². The predicted octanol–water partition coefficient (Wildman–Crippen LogP) is 3.92. The van der Waals surface area contributed by atoms with Crippen LogP contribution in [0.1, 0.15) is 51.8 Å². The molecule has 0 unspecified atom stereocenters. The van der Waals surface area contributed by atoms with Crippen LogP contribution in [0.3, 0.4) is 0 Å². The summed E-state index contributed by atoms with van der Waals surface area (Å²) >= 11 is 0.757. The van der Waals surface area contributed by atoms with Gasteiger partial charge in [0.1, 0.15) is 9.77 Å². The Morgan fingerprint density at radius 3 is 2.66 bits per heavy atom. The monoisotopic (exact) mass is 439 g/mol. The van der Waals surface area contributed by atoms with Gasteiger partial charge in [-0.05, 0) is 56.2 Å². The molecule has 0 aliphatic rings. The summed E-state index contributed by atoms with van der Waals surface area (Å²) in [4.78, 5) is 25.0. The Hall–Kier alpha value is -2.98. The maximum atomic E-state index is 13.1. The van der Waals surface area contributed by atoms with Crippen molar-refractivity contribution in [3.05, 3.63) is 56.8 Å². The van der Waals surface area contributed by atoms with Gasteiger partial charge in [0.25, 0.3) is 15.9 Å². The molecule has 0 atom stereocenters. The Balaban J connectivity index is 2.06. The van der Waals surface area contributed by atoms with Crippen LogP contribution in [0.15, 0.2) is 39.1 Å². The van der Waals surface area contributed by atoms with Crippen molar-refractivity contribution in [2.75, 3.05) is 10.0 Å². The lowest BCUT2D eigenvalue weighted by Gasteiger charge is -2.14. The lowest BCUT2D eigenvalue weighted by Crippen LogP contribution is -2.20. The van der Waals surface area contributed by atoms with E-state index in [1.807, 2.05) is 0 Å². The summed E-state index contributed by atoms with van der Waals surface area (Å²) in [5.74, 6) is -2.69. The summed E-state index contributed by atoms with van der Waals surface area (Å²) in [7, 11) is -4.38. The molecule has 3 aromatic rings. The molecular weight excluding hydrogens is 414 g/mol. The van der Waals surface area contributed by atoms with E-state index in [-0.39, 0.29) is 45.4 Å². The third-order valence-corrected chi connectivity index (χ3v) is 6.24. The van der Waals surface area contributed by atoms with Gasteiger partial charge in [0.15, 0.2) is 5.78 Å². The number of sulfonamides is 1. The number of anilines is 2. The van der Waals surface area contributed by atoms with Gasteiger partial charge >= 0.3 is 0 Å². The van der Waals surface area contributed by atoms with Gasteiger partial charge in [0.2, 0.25) is 5.88 Å². The van der Waals surface area contributed by atoms with E-state index in [9.17, 15) is 18.0 Å². The first-order valence-corrected chi connectivity index (χ1v) is 10.4. The van der Waals surface area contributed by atoms with Gasteiger partial charge in [-0.2, -0.15) is 0 Å². The van der Waals surface area contributed by atoms with E-state index >= 15 is 0 Å². The number of carbonyl (C=O) groups excluding carboxylic acids is 2. The average Bonchev–Trinajstić information content (AvgIpc) is 3.38. The third kappa shape index (κ3) is 4.22. The van der Waals surface area contributed by atoms with Gasteiger partial charge in [-0.15, -0.1) is 11.3 Å². The van der Waals surface area contributed by atoms with Gasteiger partial charge in [0.05, 0.1) is 16.0 Å². The van der Waals surface area contributed by atoms with Crippen molar-refractivity contribution in [3.8, 4) is 0 Å². The van der Waals surface area contributed by atoms with Gasteiger partial charge in [-0.3, -0.25) is 9.59 Å². The van der Waals surface area contributed by atoms with E-state index < -0.39 is 45.1 Å². The van der Waals surface area contributed by atoms with E-state index in [2.05, 4.69) is 15.2 Å². The highest BCUT2D eigenvalue weighted by Gasteiger charge is 2.27. The van der Waals surface area contributed by atoms with Crippen LogP contribution in [-0.4, -0.2) is 25.3 Å². The minimum absolute atomic E-state index is 0.0406. The highest BCUT2D eigenvalue weighted by Crippen LogP contribution is 2.29. The second kappa shape index (κ2) is 7.80. The Bertz CT molecular complexity index is 1460. The molecule has 0 aliphatic carbocycles. The number of hydrogen-bond donors (Lipinski definition) is 2. The molecular formula is C19H19N3O5S2. The molecule has 2 heterocycles. The van der Waals surface area contributed by atoms with Crippen LogP contribution >= 0.6 is 11.3 Å². The first-order chi connectivity index (χ1) is 16.1. The molecule has 1 aromatic carbocycles. The Kier molecular flexibility index (Phi) is 3.79. The largest absolute Gasteiger partial charge is 0.338 e. The first kappa shape index (κ1) is 14.1. The Morgan fingerprint density at radius 1 is 1.24 bits per heavy atom. The normalized spacial score (nSPS) is 14.7. The number of ketones is 1. The summed E-state index contributed by atoms with van der Waals surface area (Å²) in [5.41, 5.74) is -0.731. The summed E-state index contributed by atoms with van der Waals surface area (Å²) in [6.45, 7) is 1.05. The van der Waals surface area contributed by atoms with Crippen LogP contribution in [-0.2, 0) is 10.0 Å². The number of nitrogens with zero attached hydrogens (tertiary/aromatic N) is 1. The molecule has 0 bridgehead atoms. The fourth-order valence-corrected chi connectivity index (χ4v) is 4.88. The van der Waals surface area contributed by atoms with Gasteiger partial charge < -0.3 is 9.84 Å². The van der Waals surface area contributed by atoms with Crippen LogP contribution < -0.4 is 10.0 Å². The number of thiophene rings is 1. The molecule has 8 nitrogen and oxygen atoms in total. The van der Waals surface area contributed by atoms with Gasteiger partial charge in [0, 0.05) is 15.2 Å². The fraction of sp³-hybridized carbons (Fsp3) is 0.211. The molecule has 0 fully saturated rings. The number of rotatable bonds is 6. The third-order valence-electron chi connectivity index (χ3n) is 3.82. The van der Waals surface area contributed by atoms with E-state index in [1.165, 1.54) is 26.2 Å². The summed E-state index contributed by atoms with van der Waals surface area (Å²) in [5, 5.41) is 7.01. The maximum absolute atomic E-state index is 13.1. The molecule has 0 aliphatic heterocycles. The minimum Gasteiger partial charge on any atom is -0.338 e. The SMILES string of the molecule is [2H]c1noc(NS(=O)(=O)c2ccsc2C(=O)Nc2c(C)c([2H])c(C)c([2H])c2C(=O)C([2H])([2H])[2H])c1C. The van der Waals surface area contributed by atoms with Crippen molar-refractivity contribution in [1.29, 1.82) is 0 Å². The van der Waals surface area contributed by atoms with Gasteiger partial charge in [-0.25, -0.2) is 13.1 Å². The molecule has 29 heavy (non-hydrogen) atoms. The van der Waals surface area contributed by atoms with E-state index in [0.29, 0.717) is 0 Å². The highest BCUT2D eigenvalue weighted by atomic mass is 32.2. The molecule has 0 saturated heterocycles. The molecule has 0 spiro atoms. The summed E-state index contributed by atoms with van der Waals surface area (Å²) < 4.78 is 79.0. The standard InChI is InChI=1S/C19H19N3O5S2/c1-10-7-11(2)16(14(8-10)13(4)23)21-18(24)17-15(5-6-28-17)29(25,26)22-19-12(3)9-20-27-19/h5-9,22H,1-4H3,(H,21,24)/i4D3,7D,8D,9D. The van der Waals surface area contributed by atoms with Crippen molar-refractivity contribution < 1.29 is 30.8 Å². The second-order valence-corrected chi connectivity index (χ2v) is 8.57. The Labute approximate surface area is 180 Å². The fourth-order valence-electron chi connectivity index (χ4n) is 2.51. The first-order valence-electron chi connectivity index (χ1n) is 11.1. The zero-order valence-corrected chi connectivity index (χ0v) is 17.1. The summed E-state index contributed by atoms with van der Waals surface area (Å²) in [6, 6.07) is 0.446. The average molecular weight is 440 g/mol. The van der Waals surface area contributed by atoms with Crippen LogP contribution in [0, 0.1) is 20.8 Å². The minimum atomic E-state index is -4.38. The number of Topliss-reactive ketones (excluding diaryl/α,β-unsaturated/α-hetero) is 1. The molecule has 0 radical (unpaired) electrons. The Morgan fingerprint density at radius 2 is 2.00 bits per heavy atom. The van der Waals surface area contributed by atoms with Gasteiger partial charge in [-0.1, -0.05) is 11.2 Å². The molecule has 2 N–H and O–H groups in total. The molecule has 0 saturated carbocycles. The lowest BCUT2D eigenvalue weighted by molar-refractivity contribution is 0.101. The number of carbonyl (C=O) groups is 2. The molecule has 3 rings (SSSR count). The van der Waals surface area contributed by atoms with E-state index in [1.54, 1.807) is 0 Å². The van der Waals surface area contributed by atoms with Crippen LogP contribution in [0.2, 0.25) is 0 Å². The molecule has 10 heteroatoms.